The van der Waals surface area contributed by atoms with E-state index in [2.05, 4.69) is 4.90 Å². The average Bonchev–Trinajstić information content (AvgIpc) is 3.74. The average molecular weight is 561 g/mol. The zero-order valence-electron chi connectivity index (χ0n) is 24.2. The number of carbonyl (C=O) groups excluding carboxylic acids is 3. The highest BCUT2D eigenvalue weighted by Crippen LogP contribution is 2.55. The number of likely N-dealkylation sites (tertiary alicyclic amines) is 1. The van der Waals surface area contributed by atoms with Crippen molar-refractivity contribution in [1.29, 1.82) is 0 Å². The van der Waals surface area contributed by atoms with Gasteiger partial charge in [-0.15, -0.1) is 0 Å². The lowest BCUT2D eigenvalue weighted by Gasteiger charge is -2.60. The fraction of sp³-hybridized carbons (Fsp3) is 0.485. The first kappa shape index (κ1) is 28.9. The van der Waals surface area contributed by atoms with E-state index in [1.54, 1.807) is 35.2 Å². The fourth-order valence-corrected chi connectivity index (χ4v) is 6.93. The van der Waals surface area contributed by atoms with E-state index in [0.29, 0.717) is 37.5 Å². The number of amides is 1. The van der Waals surface area contributed by atoms with Gasteiger partial charge in [-0.2, -0.15) is 0 Å². The van der Waals surface area contributed by atoms with Gasteiger partial charge in [0, 0.05) is 51.5 Å². The second-order valence-corrected chi connectivity index (χ2v) is 12.0. The second-order valence-electron chi connectivity index (χ2n) is 12.0. The number of rotatable bonds is 8. The van der Waals surface area contributed by atoms with Crippen molar-refractivity contribution in [3.63, 3.8) is 0 Å². The molecule has 218 valence electrons. The van der Waals surface area contributed by atoms with Crippen LogP contribution in [0.15, 0.2) is 54.6 Å². The van der Waals surface area contributed by atoms with Gasteiger partial charge in [-0.25, -0.2) is 0 Å². The van der Waals surface area contributed by atoms with E-state index in [1.165, 1.54) is 32.8 Å². The maximum atomic E-state index is 13.3. The Balaban J connectivity index is 1.48. The molecule has 2 aromatic carbocycles. The van der Waals surface area contributed by atoms with Gasteiger partial charge in [-0.1, -0.05) is 24.3 Å². The van der Waals surface area contributed by atoms with Crippen LogP contribution in [0.25, 0.3) is 6.08 Å². The molecule has 1 aliphatic heterocycles. The molecule has 0 unspecified atom stereocenters. The Morgan fingerprint density at radius 1 is 1.05 bits per heavy atom. The first-order chi connectivity index (χ1) is 19.6. The lowest BCUT2D eigenvalue weighted by atomic mass is 9.55. The predicted molar refractivity (Wildman–Crippen MR) is 155 cm³/mol. The van der Waals surface area contributed by atoms with Gasteiger partial charge in [0.1, 0.15) is 17.1 Å². The smallest absolute Gasteiger partial charge is 0.308 e. The number of likely N-dealkylation sites (N-methyl/N-ethyl adjacent to an activating group) is 1. The molecule has 0 radical (unpaired) electrons. The summed E-state index contributed by atoms with van der Waals surface area (Å²) in [5.41, 5.74) is 0.371. The summed E-state index contributed by atoms with van der Waals surface area (Å²) in [6, 6.07) is 14.3. The summed E-state index contributed by atoms with van der Waals surface area (Å²) in [6.07, 6.45) is 8.42. The first-order valence-corrected chi connectivity index (χ1v) is 14.5. The lowest BCUT2D eigenvalue weighted by molar-refractivity contribution is -0.190. The summed E-state index contributed by atoms with van der Waals surface area (Å²) in [6.45, 7) is 5.37. The van der Waals surface area contributed by atoms with Crippen molar-refractivity contribution >= 4 is 23.9 Å². The number of benzene rings is 2. The third kappa shape index (κ3) is 6.32. The SMILES string of the molecule is CC(=O)Oc1cccc([C@@]23CCN(CC4CC4)C[C@@]2(OC(C)=O)CC[C@H](N(C)C(=O)C=Cc2cccc(O)c2)C3)c1. The van der Waals surface area contributed by atoms with Crippen molar-refractivity contribution in [2.75, 3.05) is 26.7 Å². The van der Waals surface area contributed by atoms with Crippen molar-refractivity contribution in [1.82, 2.24) is 9.80 Å². The molecule has 2 aromatic rings. The van der Waals surface area contributed by atoms with Crippen LogP contribution in [0.4, 0.5) is 0 Å². The van der Waals surface area contributed by atoms with E-state index >= 15 is 0 Å². The van der Waals surface area contributed by atoms with Gasteiger partial charge in [0.15, 0.2) is 0 Å². The fourth-order valence-electron chi connectivity index (χ4n) is 6.93. The molecule has 1 N–H and O–H groups in total. The van der Waals surface area contributed by atoms with E-state index in [4.69, 9.17) is 9.47 Å². The number of fused-ring (bicyclic) bond motifs is 1. The van der Waals surface area contributed by atoms with Crippen LogP contribution < -0.4 is 4.74 Å². The Hall–Kier alpha value is -3.65. The zero-order valence-corrected chi connectivity index (χ0v) is 24.2. The summed E-state index contributed by atoms with van der Waals surface area (Å²) < 4.78 is 11.8. The third-order valence-electron chi connectivity index (χ3n) is 9.06. The van der Waals surface area contributed by atoms with E-state index in [0.717, 1.165) is 30.6 Å². The second kappa shape index (κ2) is 11.7. The highest BCUT2D eigenvalue weighted by atomic mass is 16.6. The minimum atomic E-state index is -0.765. The van der Waals surface area contributed by atoms with Crippen LogP contribution in [0.1, 0.15) is 63.5 Å². The number of piperidine rings is 1. The minimum Gasteiger partial charge on any atom is -0.508 e. The standard InChI is InChI=1S/C33H40N2O6/c1-23(36)40-30-9-5-7-27(19-30)32-16-17-35(21-26-10-11-26)22-33(32,41-24(2)37)15-14-28(20-32)34(3)31(39)13-12-25-6-4-8-29(38)18-25/h4-9,12-13,18-19,26,28,38H,10-11,14-17,20-22H2,1-3H3/t28-,32-,33-/m0/s1. The van der Waals surface area contributed by atoms with Crippen LogP contribution in [-0.2, 0) is 24.5 Å². The summed E-state index contributed by atoms with van der Waals surface area (Å²) in [5.74, 6) is 0.484. The molecule has 1 saturated heterocycles. The molecule has 0 bridgehead atoms. The van der Waals surface area contributed by atoms with Crippen molar-refractivity contribution in [3.05, 3.63) is 65.7 Å². The molecular formula is C33H40N2O6. The van der Waals surface area contributed by atoms with Crippen LogP contribution in [0.5, 0.6) is 11.5 Å². The normalized spacial score (nSPS) is 26.3. The van der Waals surface area contributed by atoms with Crippen LogP contribution in [0.3, 0.4) is 0 Å². The summed E-state index contributed by atoms with van der Waals surface area (Å²) in [5, 5.41) is 9.77. The monoisotopic (exact) mass is 560 g/mol. The summed E-state index contributed by atoms with van der Waals surface area (Å²) in [4.78, 5) is 42.0. The number of ether oxygens (including phenoxy) is 2. The molecule has 1 amide bonds. The molecule has 0 aromatic heterocycles. The molecule has 3 atom stereocenters. The summed E-state index contributed by atoms with van der Waals surface area (Å²) in [7, 11) is 1.82. The third-order valence-corrected chi connectivity index (χ3v) is 9.06. The number of aromatic hydroxyl groups is 1. The van der Waals surface area contributed by atoms with Crippen molar-refractivity contribution in [2.45, 2.75) is 69.4 Å². The Morgan fingerprint density at radius 3 is 2.54 bits per heavy atom. The van der Waals surface area contributed by atoms with Crippen molar-refractivity contribution < 1.29 is 29.0 Å². The van der Waals surface area contributed by atoms with Crippen LogP contribution in [0.2, 0.25) is 0 Å². The maximum absolute atomic E-state index is 13.3. The molecule has 1 heterocycles. The molecular weight excluding hydrogens is 520 g/mol. The van der Waals surface area contributed by atoms with E-state index in [-0.39, 0.29) is 23.7 Å². The van der Waals surface area contributed by atoms with Crippen LogP contribution in [-0.4, -0.2) is 71.1 Å². The Morgan fingerprint density at radius 2 is 1.83 bits per heavy atom. The Labute approximate surface area is 241 Å². The topological polar surface area (TPSA) is 96.4 Å². The molecule has 0 spiro atoms. The molecule has 8 nitrogen and oxygen atoms in total. The largest absolute Gasteiger partial charge is 0.508 e. The van der Waals surface area contributed by atoms with Gasteiger partial charge >= 0.3 is 11.9 Å². The number of esters is 2. The van der Waals surface area contributed by atoms with E-state index in [1.807, 2.05) is 31.3 Å². The van der Waals surface area contributed by atoms with Crippen LogP contribution in [0, 0.1) is 5.92 Å². The molecule has 2 saturated carbocycles. The van der Waals surface area contributed by atoms with Gasteiger partial charge in [-0.3, -0.25) is 19.3 Å². The number of hydrogen-bond acceptors (Lipinski definition) is 7. The van der Waals surface area contributed by atoms with Gasteiger partial charge in [-0.05, 0) is 92.5 Å². The predicted octanol–water partition coefficient (Wildman–Crippen LogP) is 4.70. The minimum absolute atomic E-state index is 0.0904. The molecule has 3 fully saturated rings. The molecule has 5 rings (SSSR count). The van der Waals surface area contributed by atoms with Crippen molar-refractivity contribution in [3.8, 4) is 11.5 Å². The molecule has 2 aliphatic carbocycles. The number of carbonyl (C=O) groups is 3. The summed E-state index contributed by atoms with van der Waals surface area (Å²) >= 11 is 0. The van der Waals surface area contributed by atoms with Gasteiger partial charge in [0.2, 0.25) is 5.91 Å². The Bertz CT molecular complexity index is 1340. The van der Waals surface area contributed by atoms with Gasteiger partial charge in [0.05, 0.1) is 0 Å². The lowest BCUT2D eigenvalue weighted by Crippen LogP contribution is -2.68. The number of nitrogens with zero attached hydrogens (tertiary/aromatic N) is 2. The Kier molecular flexibility index (Phi) is 8.23. The number of phenolic OH excluding ortho intramolecular Hbond substituents is 1. The zero-order chi connectivity index (χ0) is 29.2. The van der Waals surface area contributed by atoms with Gasteiger partial charge < -0.3 is 19.5 Å². The van der Waals surface area contributed by atoms with E-state index in [9.17, 15) is 19.5 Å². The van der Waals surface area contributed by atoms with Crippen molar-refractivity contribution in [2.24, 2.45) is 5.92 Å². The number of hydrogen-bond donors (Lipinski definition) is 1. The van der Waals surface area contributed by atoms with Crippen LogP contribution >= 0.6 is 0 Å². The van der Waals surface area contributed by atoms with Gasteiger partial charge in [0.25, 0.3) is 0 Å². The number of phenols is 1. The first-order valence-electron chi connectivity index (χ1n) is 14.5. The van der Waals surface area contributed by atoms with E-state index < -0.39 is 17.0 Å². The highest BCUT2D eigenvalue weighted by Gasteiger charge is 2.61. The maximum Gasteiger partial charge on any atom is 0.308 e. The highest BCUT2D eigenvalue weighted by molar-refractivity contribution is 5.91. The molecule has 8 heteroatoms. The quantitative estimate of drug-likeness (QED) is 0.284. The molecule has 41 heavy (non-hydrogen) atoms. The molecule has 3 aliphatic rings.